The largest absolute Gasteiger partial charge is 0.496 e. The van der Waals surface area contributed by atoms with Gasteiger partial charge in [0.2, 0.25) is 0 Å². The third-order valence-electron chi connectivity index (χ3n) is 3.88. The average Bonchev–Trinajstić information content (AvgIpc) is 2.41. The molecule has 2 heterocycles. The second-order valence-corrected chi connectivity index (χ2v) is 6.40. The van der Waals surface area contributed by atoms with E-state index in [1.807, 2.05) is 20.0 Å². The molecule has 118 valence electrons. The Balaban J connectivity index is 2.18. The van der Waals surface area contributed by atoms with Crippen LogP contribution in [0, 0.1) is 13.8 Å². The van der Waals surface area contributed by atoms with Crippen molar-refractivity contribution in [1.29, 1.82) is 0 Å². The van der Waals surface area contributed by atoms with Crippen LogP contribution >= 0.6 is 0 Å². The van der Waals surface area contributed by atoms with Gasteiger partial charge in [-0.15, -0.1) is 0 Å². The quantitative estimate of drug-likeness (QED) is 0.915. The highest BCUT2D eigenvalue weighted by molar-refractivity contribution is 5.41. The number of pyridine rings is 1. The van der Waals surface area contributed by atoms with Crippen LogP contribution in [0.25, 0.3) is 0 Å². The SMILES string of the molecule is COc1c(C)cnc(CN2CC(CO)OC(C)(C)C2)c1C. The van der Waals surface area contributed by atoms with Crippen LogP contribution in [0.15, 0.2) is 6.20 Å². The minimum atomic E-state index is -0.256. The van der Waals surface area contributed by atoms with Gasteiger partial charge in [0.25, 0.3) is 0 Å². The lowest BCUT2D eigenvalue weighted by Crippen LogP contribution is -2.53. The maximum absolute atomic E-state index is 9.39. The lowest BCUT2D eigenvalue weighted by Gasteiger charge is -2.42. The van der Waals surface area contributed by atoms with E-state index in [0.717, 1.165) is 42.2 Å². The average molecular weight is 294 g/mol. The molecule has 1 aromatic heterocycles. The molecule has 0 spiro atoms. The van der Waals surface area contributed by atoms with Crippen LogP contribution in [0.1, 0.15) is 30.7 Å². The number of hydrogen-bond donors (Lipinski definition) is 1. The highest BCUT2D eigenvalue weighted by Gasteiger charge is 2.33. The standard InChI is InChI=1S/C16H26N2O3/c1-11-6-17-14(12(2)15(11)20-5)8-18-7-13(9-19)21-16(3,4)10-18/h6,13,19H,7-10H2,1-5H3. The molecule has 1 aliphatic rings. The lowest BCUT2D eigenvalue weighted by molar-refractivity contribution is -0.150. The minimum Gasteiger partial charge on any atom is -0.496 e. The fourth-order valence-corrected chi connectivity index (χ4v) is 3.07. The van der Waals surface area contributed by atoms with Gasteiger partial charge in [-0.25, -0.2) is 0 Å². The smallest absolute Gasteiger partial charge is 0.128 e. The monoisotopic (exact) mass is 294 g/mol. The summed E-state index contributed by atoms with van der Waals surface area (Å²) in [6.45, 7) is 10.5. The van der Waals surface area contributed by atoms with Gasteiger partial charge in [0.05, 0.1) is 31.1 Å². The first-order valence-electron chi connectivity index (χ1n) is 7.36. The van der Waals surface area contributed by atoms with E-state index < -0.39 is 0 Å². The number of hydrogen-bond acceptors (Lipinski definition) is 5. The first-order valence-corrected chi connectivity index (χ1v) is 7.36. The van der Waals surface area contributed by atoms with Crippen LogP contribution in [0.5, 0.6) is 5.75 Å². The zero-order chi connectivity index (χ0) is 15.6. The fraction of sp³-hybridized carbons (Fsp3) is 0.688. The summed E-state index contributed by atoms with van der Waals surface area (Å²) in [5.41, 5.74) is 2.90. The Morgan fingerprint density at radius 3 is 2.81 bits per heavy atom. The van der Waals surface area contributed by atoms with E-state index in [9.17, 15) is 5.11 Å². The predicted octanol–water partition coefficient (Wildman–Crippen LogP) is 1.68. The summed E-state index contributed by atoms with van der Waals surface area (Å²) in [6, 6.07) is 0. The van der Waals surface area contributed by atoms with Crippen molar-refractivity contribution in [1.82, 2.24) is 9.88 Å². The second kappa shape index (κ2) is 6.30. The summed E-state index contributed by atoms with van der Waals surface area (Å²) < 4.78 is 11.3. The van der Waals surface area contributed by atoms with Crippen LogP contribution in [-0.2, 0) is 11.3 Å². The number of aliphatic hydroxyl groups is 1. The van der Waals surface area contributed by atoms with Crippen molar-refractivity contribution in [3.05, 3.63) is 23.0 Å². The molecule has 1 atom stereocenters. The highest BCUT2D eigenvalue weighted by Crippen LogP contribution is 2.27. The number of aliphatic hydroxyl groups excluding tert-OH is 1. The van der Waals surface area contributed by atoms with Gasteiger partial charge in [-0.1, -0.05) is 0 Å². The Bertz CT molecular complexity index is 503. The number of methoxy groups -OCH3 is 1. The molecule has 0 radical (unpaired) electrons. The number of nitrogens with zero attached hydrogens (tertiary/aromatic N) is 2. The Labute approximate surface area is 126 Å². The molecule has 5 heteroatoms. The van der Waals surface area contributed by atoms with Crippen molar-refractivity contribution in [3.8, 4) is 5.75 Å². The number of morpholine rings is 1. The highest BCUT2D eigenvalue weighted by atomic mass is 16.5. The molecule has 1 aromatic rings. The Morgan fingerprint density at radius 1 is 1.48 bits per heavy atom. The van der Waals surface area contributed by atoms with E-state index in [0.29, 0.717) is 0 Å². The maximum Gasteiger partial charge on any atom is 0.128 e. The lowest BCUT2D eigenvalue weighted by atomic mass is 10.0. The molecule has 1 fully saturated rings. The van der Waals surface area contributed by atoms with Crippen molar-refractivity contribution in [2.75, 3.05) is 26.8 Å². The molecule has 21 heavy (non-hydrogen) atoms. The molecule has 1 aliphatic heterocycles. The van der Waals surface area contributed by atoms with Crippen molar-refractivity contribution in [2.45, 2.75) is 45.9 Å². The molecule has 1 saturated heterocycles. The summed E-state index contributed by atoms with van der Waals surface area (Å²) in [5, 5.41) is 9.39. The third-order valence-corrected chi connectivity index (χ3v) is 3.88. The summed E-state index contributed by atoms with van der Waals surface area (Å²) in [5.74, 6) is 0.909. The molecule has 0 aliphatic carbocycles. The van der Waals surface area contributed by atoms with Gasteiger partial charge in [0, 0.05) is 37.0 Å². The molecule has 2 rings (SSSR count). The molecular formula is C16H26N2O3. The topological polar surface area (TPSA) is 54.8 Å². The van der Waals surface area contributed by atoms with Crippen LogP contribution < -0.4 is 4.74 Å². The first kappa shape index (κ1) is 16.2. The number of aromatic nitrogens is 1. The van der Waals surface area contributed by atoms with E-state index >= 15 is 0 Å². The molecule has 0 saturated carbocycles. The molecule has 5 nitrogen and oxygen atoms in total. The normalized spacial score (nSPS) is 22.3. The molecular weight excluding hydrogens is 268 g/mol. The molecule has 0 amide bonds. The summed E-state index contributed by atoms with van der Waals surface area (Å²) >= 11 is 0. The Hall–Kier alpha value is -1.17. The number of aryl methyl sites for hydroxylation is 1. The Morgan fingerprint density at radius 2 is 2.19 bits per heavy atom. The molecule has 0 bridgehead atoms. The molecule has 0 aromatic carbocycles. The van der Waals surface area contributed by atoms with Crippen LogP contribution in [0.4, 0.5) is 0 Å². The summed E-state index contributed by atoms with van der Waals surface area (Å²) in [7, 11) is 1.69. The van der Waals surface area contributed by atoms with E-state index in [1.165, 1.54) is 0 Å². The van der Waals surface area contributed by atoms with Gasteiger partial charge in [-0.2, -0.15) is 0 Å². The van der Waals surface area contributed by atoms with Crippen molar-refractivity contribution in [3.63, 3.8) is 0 Å². The van der Waals surface area contributed by atoms with Gasteiger partial charge in [0.15, 0.2) is 0 Å². The molecule has 1 N–H and O–H groups in total. The fourth-order valence-electron chi connectivity index (χ4n) is 3.07. The minimum absolute atomic E-state index is 0.0452. The van der Waals surface area contributed by atoms with Crippen LogP contribution in [-0.4, -0.2) is 53.5 Å². The first-order chi connectivity index (χ1) is 9.86. The van der Waals surface area contributed by atoms with Crippen molar-refractivity contribution >= 4 is 0 Å². The van der Waals surface area contributed by atoms with Gasteiger partial charge in [-0.05, 0) is 27.7 Å². The van der Waals surface area contributed by atoms with E-state index in [1.54, 1.807) is 7.11 Å². The predicted molar refractivity (Wildman–Crippen MR) is 81.6 cm³/mol. The van der Waals surface area contributed by atoms with Crippen LogP contribution in [0.2, 0.25) is 0 Å². The second-order valence-electron chi connectivity index (χ2n) is 6.40. The zero-order valence-electron chi connectivity index (χ0n) is 13.6. The van der Waals surface area contributed by atoms with Gasteiger partial charge in [0.1, 0.15) is 5.75 Å². The third kappa shape index (κ3) is 3.73. The van der Waals surface area contributed by atoms with E-state index in [4.69, 9.17) is 9.47 Å². The number of rotatable bonds is 4. The van der Waals surface area contributed by atoms with Gasteiger partial charge >= 0.3 is 0 Å². The van der Waals surface area contributed by atoms with Gasteiger partial charge < -0.3 is 14.6 Å². The maximum atomic E-state index is 9.39. The van der Waals surface area contributed by atoms with Crippen LogP contribution in [0.3, 0.4) is 0 Å². The van der Waals surface area contributed by atoms with E-state index in [2.05, 4.69) is 23.7 Å². The number of ether oxygens (including phenoxy) is 2. The van der Waals surface area contributed by atoms with Gasteiger partial charge in [-0.3, -0.25) is 9.88 Å². The Kier molecular flexibility index (Phi) is 4.86. The summed E-state index contributed by atoms with van der Waals surface area (Å²) in [6.07, 6.45) is 1.72. The summed E-state index contributed by atoms with van der Waals surface area (Å²) in [4.78, 5) is 6.84. The zero-order valence-corrected chi connectivity index (χ0v) is 13.6. The van der Waals surface area contributed by atoms with E-state index in [-0.39, 0.29) is 18.3 Å². The van der Waals surface area contributed by atoms with Crippen molar-refractivity contribution < 1.29 is 14.6 Å². The van der Waals surface area contributed by atoms with Crippen molar-refractivity contribution in [2.24, 2.45) is 0 Å². The molecule has 1 unspecified atom stereocenters.